The minimum Gasteiger partial charge on any atom is -0.766 e. The molecule has 1 aromatic rings. The molecule has 0 N–H and O–H groups in total. The maximum absolute atomic E-state index is 10.1. The molecule has 10 heavy (non-hydrogen) atoms. The van der Waals surface area contributed by atoms with Gasteiger partial charge in [0.1, 0.15) is 0 Å². The van der Waals surface area contributed by atoms with E-state index in [1.54, 1.807) is 0 Å². The van der Waals surface area contributed by atoms with Gasteiger partial charge < -0.3 is 8.97 Å². The maximum Gasteiger partial charge on any atom is 0.185 e. The number of hydrogen-bond acceptors (Lipinski definition) is 4. The quantitative estimate of drug-likeness (QED) is 0.460. The molecule has 0 amide bonds. The molecule has 0 aromatic carbocycles. The Morgan fingerprint density at radius 1 is 1.60 bits per heavy atom. The summed E-state index contributed by atoms with van der Waals surface area (Å²) in [4.78, 5) is 9.95. The van der Waals surface area contributed by atoms with Gasteiger partial charge in [0.05, 0.1) is 0 Å². The second kappa shape index (κ2) is 2.76. The Morgan fingerprint density at radius 2 is 2.30 bits per heavy atom. The maximum atomic E-state index is 10.1. The highest BCUT2D eigenvalue weighted by Crippen LogP contribution is 2.07. The summed E-state index contributed by atoms with van der Waals surface area (Å²) in [6.45, 7) is 0. The van der Waals surface area contributed by atoms with Crippen LogP contribution in [0.25, 0.3) is 0 Å². The lowest BCUT2D eigenvalue weighted by Gasteiger charge is -1.96. The highest BCUT2D eigenvalue weighted by molar-refractivity contribution is 7.79. The second-order valence-electron chi connectivity index (χ2n) is 1.51. The Morgan fingerprint density at radius 3 is 2.60 bits per heavy atom. The molecule has 1 unspecified atom stereocenters. The first-order valence-electron chi connectivity index (χ1n) is 2.38. The Balaban J connectivity index is 2.98. The van der Waals surface area contributed by atoms with Crippen molar-refractivity contribution in [2.24, 2.45) is 0 Å². The van der Waals surface area contributed by atoms with Crippen LogP contribution < -0.4 is 0 Å². The minimum absolute atomic E-state index is 0.0131. The predicted octanol–water partition coefficient (Wildman–Crippen LogP) is 0.330. The summed E-state index contributed by atoms with van der Waals surface area (Å²) in [5.41, 5.74) is 0. The molecule has 0 aliphatic heterocycles. The third-order valence-corrected chi connectivity index (χ3v) is 1.43. The zero-order chi connectivity index (χ0) is 7.56. The normalized spacial score (nSPS) is 12.9. The molecule has 0 bridgehead atoms. The molecular formula is C5H3O4S-. The van der Waals surface area contributed by atoms with Crippen molar-refractivity contribution >= 4 is 17.4 Å². The molecule has 1 rings (SSSR count). The van der Waals surface area contributed by atoms with E-state index < -0.39 is 11.1 Å². The van der Waals surface area contributed by atoms with E-state index in [2.05, 4.69) is 4.42 Å². The summed E-state index contributed by atoms with van der Waals surface area (Å²) >= 11 is -2.39. The molecule has 1 atom stereocenters. The first-order chi connectivity index (χ1) is 4.74. The third-order valence-electron chi connectivity index (χ3n) is 0.883. The van der Waals surface area contributed by atoms with Crippen LogP contribution in [0.15, 0.2) is 21.6 Å². The van der Waals surface area contributed by atoms with Gasteiger partial charge in [-0.1, -0.05) is 0 Å². The van der Waals surface area contributed by atoms with Crippen molar-refractivity contribution in [3.63, 3.8) is 0 Å². The lowest BCUT2D eigenvalue weighted by molar-refractivity contribution is 0.109. The number of carbonyl (C=O) groups is 1. The van der Waals surface area contributed by atoms with Gasteiger partial charge >= 0.3 is 0 Å². The van der Waals surface area contributed by atoms with Gasteiger partial charge in [-0.2, -0.15) is 0 Å². The van der Waals surface area contributed by atoms with Crippen LogP contribution >= 0.6 is 0 Å². The summed E-state index contributed by atoms with van der Waals surface area (Å²) in [5.74, 6) is 0.0131. The van der Waals surface area contributed by atoms with Crippen molar-refractivity contribution in [3.8, 4) is 0 Å². The van der Waals surface area contributed by atoms with Gasteiger partial charge in [-0.25, -0.2) is 0 Å². The molecule has 0 saturated carbocycles. The highest BCUT2D eigenvalue weighted by atomic mass is 32.2. The molecule has 0 aliphatic rings. The largest absolute Gasteiger partial charge is 0.766 e. The van der Waals surface area contributed by atoms with Gasteiger partial charge in [0.2, 0.25) is 0 Å². The van der Waals surface area contributed by atoms with Crippen LogP contribution in [0, 0.1) is 0 Å². The van der Waals surface area contributed by atoms with Crippen molar-refractivity contribution < 1.29 is 18.0 Å². The number of aldehydes is 1. The van der Waals surface area contributed by atoms with E-state index in [9.17, 15) is 13.6 Å². The highest BCUT2D eigenvalue weighted by Gasteiger charge is 1.98. The Labute approximate surface area is 59.1 Å². The standard InChI is InChI=1S/C5H4O4S/c6-3-4-1-2-5(9-4)10(7)8/h1-3H,(H,7,8)/p-1. The fourth-order valence-corrected chi connectivity index (χ4v) is 0.831. The molecule has 1 heterocycles. The molecule has 54 valence electrons. The fraction of sp³-hybridized carbons (Fsp3) is 0. The van der Waals surface area contributed by atoms with Gasteiger partial charge in [-0.3, -0.25) is 9.00 Å². The predicted molar refractivity (Wildman–Crippen MR) is 31.3 cm³/mol. The van der Waals surface area contributed by atoms with Gasteiger partial charge in [-0.05, 0) is 12.1 Å². The topological polar surface area (TPSA) is 70.3 Å². The molecule has 5 heteroatoms. The average molecular weight is 159 g/mol. The molecule has 4 nitrogen and oxygen atoms in total. The zero-order valence-electron chi connectivity index (χ0n) is 4.77. The van der Waals surface area contributed by atoms with Crippen LogP contribution in [0.1, 0.15) is 10.6 Å². The van der Waals surface area contributed by atoms with E-state index in [1.165, 1.54) is 12.1 Å². The lowest BCUT2D eigenvalue weighted by atomic mass is 10.5. The van der Waals surface area contributed by atoms with Gasteiger partial charge in [0.25, 0.3) is 0 Å². The minimum atomic E-state index is -2.39. The number of furan rings is 1. The lowest BCUT2D eigenvalue weighted by Crippen LogP contribution is -1.83. The summed E-state index contributed by atoms with van der Waals surface area (Å²) in [6, 6.07) is 2.50. The van der Waals surface area contributed by atoms with E-state index in [1.807, 2.05) is 0 Å². The number of hydrogen-bond donors (Lipinski definition) is 0. The SMILES string of the molecule is O=Cc1ccc(S(=O)[O-])o1. The monoisotopic (exact) mass is 159 g/mol. The first-order valence-corrected chi connectivity index (χ1v) is 3.46. The summed E-state index contributed by atoms with van der Waals surface area (Å²) in [5, 5.41) is -0.220. The van der Waals surface area contributed by atoms with E-state index in [0.717, 1.165) is 0 Å². The van der Waals surface area contributed by atoms with Crippen molar-refractivity contribution in [2.45, 2.75) is 5.09 Å². The zero-order valence-corrected chi connectivity index (χ0v) is 5.59. The van der Waals surface area contributed by atoms with Crippen LogP contribution in [0.2, 0.25) is 0 Å². The summed E-state index contributed by atoms with van der Waals surface area (Å²) < 4.78 is 24.8. The molecular weight excluding hydrogens is 156 g/mol. The summed E-state index contributed by atoms with van der Waals surface area (Å²) in [7, 11) is 0. The van der Waals surface area contributed by atoms with Crippen molar-refractivity contribution in [1.82, 2.24) is 0 Å². The van der Waals surface area contributed by atoms with Crippen LogP contribution in [0.3, 0.4) is 0 Å². The van der Waals surface area contributed by atoms with E-state index in [-0.39, 0.29) is 10.9 Å². The first kappa shape index (κ1) is 7.17. The Bertz CT molecular complexity index is 264. The smallest absolute Gasteiger partial charge is 0.185 e. The number of carbonyl (C=O) groups excluding carboxylic acids is 1. The Hall–Kier alpha value is -0.940. The average Bonchev–Trinajstić information content (AvgIpc) is 2.34. The van der Waals surface area contributed by atoms with Gasteiger partial charge in [0, 0.05) is 11.1 Å². The Kier molecular flexibility index (Phi) is 1.98. The summed E-state index contributed by atoms with van der Waals surface area (Å²) in [6.07, 6.45) is 0.441. The van der Waals surface area contributed by atoms with Gasteiger partial charge in [0.15, 0.2) is 17.1 Å². The van der Waals surface area contributed by atoms with Crippen LogP contribution in [-0.2, 0) is 11.1 Å². The molecule has 0 spiro atoms. The molecule has 1 aromatic heterocycles. The molecule has 0 aliphatic carbocycles. The van der Waals surface area contributed by atoms with E-state index in [4.69, 9.17) is 0 Å². The molecule has 0 radical (unpaired) electrons. The van der Waals surface area contributed by atoms with Crippen LogP contribution in [0.5, 0.6) is 0 Å². The van der Waals surface area contributed by atoms with Crippen molar-refractivity contribution in [1.29, 1.82) is 0 Å². The third kappa shape index (κ3) is 1.31. The van der Waals surface area contributed by atoms with Crippen LogP contribution in [-0.4, -0.2) is 15.0 Å². The second-order valence-corrected chi connectivity index (χ2v) is 2.38. The molecule has 0 fully saturated rings. The van der Waals surface area contributed by atoms with Crippen molar-refractivity contribution in [3.05, 3.63) is 17.9 Å². The van der Waals surface area contributed by atoms with E-state index >= 15 is 0 Å². The molecule has 0 saturated heterocycles. The van der Waals surface area contributed by atoms with Crippen LogP contribution in [0.4, 0.5) is 0 Å². The fourth-order valence-electron chi connectivity index (χ4n) is 0.487. The number of rotatable bonds is 2. The van der Waals surface area contributed by atoms with E-state index in [0.29, 0.717) is 6.29 Å². The van der Waals surface area contributed by atoms with Gasteiger partial charge in [-0.15, -0.1) is 0 Å². The van der Waals surface area contributed by atoms with Crippen molar-refractivity contribution in [2.75, 3.05) is 0 Å².